The van der Waals surface area contributed by atoms with Crippen molar-refractivity contribution in [1.82, 2.24) is 25.4 Å². The number of hydrogen-bond acceptors (Lipinski definition) is 8. The van der Waals surface area contributed by atoms with Gasteiger partial charge in [0.2, 0.25) is 11.0 Å². The quantitative estimate of drug-likeness (QED) is 0.712. The molecule has 19 heavy (non-hydrogen) atoms. The van der Waals surface area contributed by atoms with E-state index in [1.165, 1.54) is 11.3 Å². The number of aromatic amines is 1. The molecule has 0 aliphatic rings. The Kier molecular flexibility index (Phi) is 3.29. The number of pyridine rings is 1. The summed E-state index contributed by atoms with van der Waals surface area (Å²) in [4.78, 5) is 4.30. The van der Waals surface area contributed by atoms with Gasteiger partial charge in [0, 0.05) is 18.0 Å². The Morgan fingerprint density at radius 3 is 3.11 bits per heavy atom. The maximum absolute atomic E-state index is 5.13. The smallest absolute Gasteiger partial charge is 0.284 e. The van der Waals surface area contributed by atoms with Crippen molar-refractivity contribution in [3.8, 4) is 10.6 Å². The van der Waals surface area contributed by atoms with Crippen LogP contribution in [0.3, 0.4) is 0 Å². The first-order valence-electron chi connectivity index (χ1n) is 5.33. The molecule has 7 nitrogen and oxygen atoms in total. The van der Waals surface area contributed by atoms with Gasteiger partial charge >= 0.3 is 0 Å². The molecule has 3 rings (SSSR count). The zero-order chi connectivity index (χ0) is 13.1. The van der Waals surface area contributed by atoms with E-state index < -0.39 is 0 Å². The van der Waals surface area contributed by atoms with Crippen molar-refractivity contribution in [3.05, 3.63) is 35.3 Å². The molecule has 0 unspecified atom stereocenters. The molecule has 0 aromatic carbocycles. The highest BCUT2D eigenvalue weighted by Gasteiger charge is 2.07. The highest BCUT2D eigenvalue weighted by Crippen LogP contribution is 2.25. The first kappa shape index (κ1) is 11.9. The van der Waals surface area contributed by atoms with E-state index in [1.807, 2.05) is 12.1 Å². The summed E-state index contributed by atoms with van der Waals surface area (Å²) < 4.78 is 5.13. The number of anilines is 1. The van der Waals surface area contributed by atoms with Gasteiger partial charge in [0.1, 0.15) is 0 Å². The lowest BCUT2D eigenvalue weighted by Gasteiger charge is -1.95. The molecule has 9 heteroatoms. The molecule has 3 aromatic rings. The van der Waals surface area contributed by atoms with Crippen LogP contribution in [0.25, 0.3) is 10.6 Å². The molecule has 3 heterocycles. The Labute approximate surface area is 116 Å². The number of rotatable bonds is 4. The molecule has 0 amide bonds. The van der Waals surface area contributed by atoms with Crippen LogP contribution in [0.5, 0.6) is 0 Å². The minimum atomic E-state index is 0.255. The molecule has 0 saturated heterocycles. The molecular weight excluding hydrogens is 284 g/mol. The fourth-order valence-electron chi connectivity index (χ4n) is 1.39. The molecule has 2 N–H and O–H groups in total. The van der Waals surface area contributed by atoms with E-state index in [1.54, 1.807) is 12.4 Å². The molecule has 96 valence electrons. The molecule has 0 aliphatic heterocycles. The second-order valence-corrected chi connectivity index (χ2v) is 4.86. The second kappa shape index (κ2) is 5.24. The molecule has 0 bridgehead atoms. The molecule has 0 fully saturated rings. The number of aromatic nitrogens is 5. The van der Waals surface area contributed by atoms with Gasteiger partial charge in [-0.2, -0.15) is 0 Å². The van der Waals surface area contributed by atoms with Gasteiger partial charge in [0.05, 0.1) is 6.54 Å². The predicted molar refractivity (Wildman–Crippen MR) is 72.2 cm³/mol. The largest absolute Gasteiger partial charge is 0.412 e. The summed E-state index contributed by atoms with van der Waals surface area (Å²) in [6.07, 6.45) is 3.46. The third-order valence-corrected chi connectivity index (χ3v) is 3.31. The minimum absolute atomic E-state index is 0.255. The number of nitrogens with one attached hydrogen (secondary N) is 2. The summed E-state index contributed by atoms with van der Waals surface area (Å²) in [5.74, 6) is 0.475. The van der Waals surface area contributed by atoms with E-state index in [0.29, 0.717) is 17.6 Å². The third-order valence-electron chi connectivity index (χ3n) is 2.21. The maximum atomic E-state index is 5.13. The number of nitrogens with zero attached hydrogens (tertiary/aromatic N) is 4. The van der Waals surface area contributed by atoms with Crippen LogP contribution in [-0.4, -0.2) is 25.4 Å². The molecule has 0 aliphatic carbocycles. The lowest BCUT2D eigenvalue weighted by molar-refractivity contribution is 0.488. The Balaban J connectivity index is 1.70. The summed E-state index contributed by atoms with van der Waals surface area (Å²) in [5.41, 5.74) is 0.936. The Morgan fingerprint density at radius 1 is 1.42 bits per heavy atom. The van der Waals surface area contributed by atoms with Crippen molar-refractivity contribution in [2.45, 2.75) is 6.54 Å². The zero-order valence-electron chi connectivity index (χ0n) is 9.53. The molecular formula is C10H8N6OS2. The second-order valence-electron chi connectivity index (χ2n) is 3.51. The maximum Gasteiger partial charge on any atom is 0.284 e. The van der Waals surface area contributed by atoms with E-state index in [9.17, 15) is 0 Å². The van der Waals surface area contributed by atoms with Gasteiger partial charge in [-0.3, -0.25) is 4.98 Å². The number of H-pyrrole nitrogens is 1. The van der Waals surface area contributed by atoms with Gasteiger partial charge in [-0.25, -0.2) is 5.10 Å². The number of hydrogen-bond donors (Lipinski definition) is 2. The van der Waals surface area contributed by atoms with E-state index in [-0.39, 0.29) is 4.84 Å². The van der Waals surface area contributed by atoms with E-state index in [4.69, 9.17) is 16.6 Å². The Morgan fingerprint density at radius 2 is 2.37 bits per heavy atom. The van der Waals surface area contributed by atoms with E-state index >= 15 is 0 Å². The third kappa shape index (κ3) is 2.83. The van der Waals surface area contributed by atoms with Crippen LogP contribution >= 0.6 is 23.6 Å². The zero-order valence-corrected chi connectivity index (χ0v) is 11.2. The minimum Gasteiger partial charge on any atom is -0.412 e. The van der Waals surface area contributed by atoms with Crippen LogP contribution in [-0.2, 0) is 6.54 Å². The van der Waals surface area contributed by atoms with Gasteiger partial charge in [0.25, 0.3) is 4.84 Å². The first-order chi connectivity index (χ1) is 9.31. The van der Waals surface area contributed by atoms with Gasteiger partial charge in [-0.05, 0) is 24.4 Å². The van der Waals surface area contributed by atoms with Gasteiger partial charge < -0.3 is 9.73 Å². The average molecular weight is 292 g/mol. The van der Waals surface area contributed by atoms with E-state index in [2.05, 4.69) is 30.7 Å². The monoisotopic (exact) mass is 292 g/mol. The van der Waals surface area contributed by atoms with Crippen molar-refractivity contribution in [1.29, 1.82) is 0 Å². The van der Waals surface area contributed by atoms with Crippen LogP contribution in [0.4, 0.5) is 5.13 Å². The highest BCUT2D eigenvalue weighted by molar-refractivity contribution is 7.71. The van der Waals surface area contributed by atoms with Gasteiger partial charge in [0.15, 0.2) is 5.01 Å². The molecule has 0 spiro atoms. The van der Waals surface area contributed by atoms with Crippen molar-refractivity contribution >= 4 is 28.7 Å². The lowest BCUT2D eigenvalue weighted by Crippen LogP contribution is -1.99. The first-order valence-corrected chi connectivity index (χ1v) is 6.56. The molecule has 0 atom stereocenters. The Bertz CT molecular complexity index is 719. The van der Waals surface area contributed by atoms with Gasteiger partial charge in [-0.15, -0.1) is 15.3 Å². The molecule has 0 radical (unpaired) electrons. The fourth-order valence-corrected chi connectivity index (χ4v) is 2.26. The SMILES string of the molecule is S=c1[nH]nc(CNc2nnc(-c3cccnc3)s2)o1. The van der Waals surface area contributed by atoms with Crippen molar-refractivity contribution in [3.63, 3.8) is 0 Å². The molecule has 3 aromatic heterocycles. The van der Waals surface area contributed by atoms with E-state index in [0.717, 1.165) is 10.6 Å². The fraction of sp³-hybridized carbons (Fsp3) is 0.100. The summed E-state index contributed by atoms with van der Waals surface area (Å²) >= 11 is 6.22. The molecule has 0 saturated carbocycles. The highest BCUT2D eigenvalue weighted by atomic mass is 32.1. The summed E-state index contributed by atoms with van der Waals surface area (Å²) in [7, 11) is 0. The van der Waals surface area contributed by atoms with Crippen molar-refractivity contribution in [2.75, 3.05) is 5.32 Å². The van der Waals surface area contributed by atoms with Crippen molar-refractivity contribution in [2.24, 2.45) is 0 Å². The predicted octanol–water partition coefficient (Wildman–Crippen LogP) is 2.26. The van der Waals surface area contributed by atoms with Crippen LogP contribution in [0, 0.1) is 4.84 Å². The topological polar surface area (TPSA) is 92.5 Å². The van der Waals surface area contributed by atoms with Crippen molar-refractivity contribution < 1.29 is 4.42 Å². The average Bonchev–Trinajstić information content (AvgIpc) is 3.06. The standard InChI is InChI=1S/C10H8N6OS2/c18-10-16-13-7(17-10)5-12-9-15-14-8(19-9)6-2-1-3-11-4-6/h1-4H,5H2,(H,12,15)(H,16,18). The van der Waals surface area contributed by atoms with Crippen LogP contribution in [0.2, 0.25) is 0 Å². The Hall–Kier alpha value is -2.13. The van der Waals surface area contributed by atoms with Crippen LogP contribution < -0.4 is 5.32 Å². The summed E-state index contributed by atoms with van der Waals surface area (Å²) in [5, 5.41) is 19.1. The summed E-state index contributed by atoms with van der Waals surface area (Å²) in [6.45, 7) is 0.398. The van der Waals surface area contributed by atoms with Crippen LogP contribution in [0.1, 0.15) is 5.89 Å². The summed E-state index contributed by atoms with van der Waals surface area (Å²) in [6, 6.07) is 3.79. The van der Waals surface area contributed by atoms with Crippen LogP contribution in [0.15, 0.2) is 28.9 Å². The normalized spacial score (nSPS) is 10.5. The van der Waals surface area contributed by atoms with Gasteiger partial charge in [-0.1, -0.05) is 11.3 Å². The lowest BCUT2D eigenvalue weighted by atomic mass is 10.3.